The number of aromatic nitrogens is 4. The summed E-state index contributed by atoms with van der Waals surface area (Å²) in [4.78, 5) is 38.7. The molecular formula is C24H29N7O3S. The highest BCUT2D eigenvalue weighted by Crippen LogP contribution is 2.28. The number of fused-ring (bicyclic) bond motifs is 1. The van der Waals surface area contributed by atoms with Gasteiger partial charge in [0.1, 0.15) is 5.82 Å². The fourth-order valence-corrected chi connectivity index (χ4v) is 5.02. The zero-order chi connectivity index (χ0) is 24.2. The molecule has 2 amide bonds. The first-order valence-electron chi connectivity index (χ1n) is 12.0. The number of hydrogen-bond acceptors (Lipinski definition) is 8. The lowest BCUT2D eigenvalue weighted by Gasteiger charge is -2.28. The predicted molar refractivity (Wildman–Crippen MR) is 135 cm³/mol. The van der Waals surface area contributed by atoms with E-state index in [9.17, 15) is 9.59 Å². The SMILES string of the molecule is CCSc1nc(N2CCOCC2)c2cnn(CCNC(=O)C3CC(=O)N(c4ccccc4)C3)c2n1. The van der Waals surface area contributed by atoms with Crippen molar-refractivity contribution >= 4 is 46.1 Å². The Hall–Kier alpha value is -3.18. The quantitative estimate of drug-likeness (QED) is 0.373. The van der Waals surface area contributed by atoms with Crippen molar-refractivity contribution in [2.45, 2.75) is 25.0 Å². The maximum absolute atomic E-state index is 12.8. The molecule has 10 nitrogen and oxygen atoms in total. The largest absolute Gasteiger partial charge is 0.378 e. The molecule has 2 aromatic heterocycles. The van der Waals surface area contributed by atoms with Crippen LogP contribution in [0.15, 0.2) is 41.7 Å². The third-order valence-corrected chi connectivity index (χ3v) is 6.96. The van der Waals surface area contributed by atoms with Gasteiger partial charge in [-0.25, -0.2) is 14.6 Å². The Labute approximate surface area is 208 Å². The number of morpholine rings is 1. The fourth-order valence-electron chi connectivity index (χ4n) is 4.46. The fraction of sp³-hybridized carbons (Fsp3) is 0.458. The van der Waals surface area contributed by atoms with E-state index in [1.54, 1.807) is 22.9 Å². The number of thioether (sulfide) groups is 1. The lowest BCUT2D eigenvalue weighted by molar-refractivity contribution is -0.126. The van der Waals surface area contributed by atoms with E-state index in [0.29, 0.717) is 32.8 Å². The number of nitrogens with zero attached hydrogens (tertiary/aromatic N) is 6. The maximum Gasteiger partial charge on any atom is 0.227 e. The van der Waals surface area contributed by atoms with E-state index in [1.165, 1.54) is 0 Å². The van der Waals surface area contributed by atoms with Crippen molar-refractivity contribution in [2.75, 3.05) is 54.9 Å². The molecule has 3 aromatic rings. The van der Waals surface area contributed by atoms with Gasteiger partial charge in [-0.15, -0.1) is 0 Å². The van der Waals surface area contributed by atoms with Crippen LogP contribution in [0.3, 0.4) is 0 Å². The number of nitrogens with one attached hydrogen (secondary N) is 1. The van der Waals surface area contributed by atoms with Crippen LogP contribution in [0, 0.1) is 5.92 Å². The predicted octanol–water partition coefficient (Wildman–Crippen LogP) is 1.94. The third kappa shape index (κ3) is 5.10. The Balaban J connectivity index is 1.25. The summed E-state index contributed by atoms with van der Waals surface area (Å²) in [5.41, 5.74) is 1.59. The van der Waals surface area contributed by atoms with Crippen molar-refractivity contribution in [3.05, 3.63) is 36.5 Å². The molecule has 2 aliphatic heterocycles. The van der Waals surface area contributed by atoms with Gasteiger partial charge in [-0.3, -0.25) is 9.59 Å². The number of ether oxygens (including phenoxy) is 1. The zero-order valence-corrected chi connectivity index (χ0v) is 20.5. The van der Waals surface area contributed by atoms with Crippen LogP contribution in [-0.2, 0) is 20.9 Å². The molecule has 184 valence electrons. The molecule has 0 radical (unpaired) electrons. The minimum absolute atomic E-state index is 0.0253. The molecule has 1 unspecified atom stereocenters. The summed E-state index contributed by atoms with van der Waals surface area (Å²) in [7, 11) is 0. The second kappa shape index (κ2) is 10.6. The first kappa shape index (κ1) is 23.6. The molecule has 2 aliphatic rings. The molecule has 35 heavy (non-hydrogen) atoms. The van der Waals surface area contributed by atoms with E-state index in [4.69, 9.17) is 14.7 Å². The number of para-hydroxylation sites is 1. The van der Waals surface area contributed by atoms with Gasteiger partial charge >= 0.3 is 0 Å². The Morgan fingerprint density at radius 2 is 2.00 bits per heavy atom. The van der Waals surface area contributed by atoms with Crippen LogP contribution in [0.2, 0.25) is 0 Å². The van der Waals surface area contributed by atoms with E-state index in [1.807, 2.05) is 35.0 Å². The zero-order valence-electron chi connectivity index (χ0n) is 19.7. The van der Waals surface area contributed by atoms with Crippen molar-refractivity contribution in [3.63, 3.8) is 0 Å². The number of anilines is 2. The molecular weight excluding hydrogens is 466 g/mol. The summed E-state index contributed by atoms with van der Waals surface area (Å²) >= 11 is 1.60. The summed E-state index contributed by atoms with van der Waals surface area (Å²) < 4.78 is 7.31. The van der Waals surface area contributed by atoms with Crippen LogP contribution in [0.1, 0.15) is 13.3 Å². The van der Waals surface area contributed by atoms with Gasteiger partial charge < -0.3 is 19.9 Å². The van der Waals surface area contributed by atoms with E-state index < -0.39 is 0 Å². The first-order chi connectivity index (χ1) is 17.1. The summed E-state index contributed by atoms with van der Waals surface area (Å²) in [5.74, 6) is 1.26. The standard InChI is InChI=1S/C24H29N7O3S/c1-2-35-24-27-21(29-10-12-34-13-11-29)19-15-26-31(22(19)28-24)9-8-25-23(33)17-14-20(32)30(16-17)18-6-4-3-5-7-18/h3-7,15,17H,2,8-14,16H2,1H3,(H,25,33). The van der Waals surface area contributed by atoms with E-state index in [-0.39, 0.29) is 24.2 Å². The molecule has 0 bridgehead atoms. The van der Waals surface area contributed by atoms with Crippen LogP contribution in [0.4, 0.5) is 11.5 Å². The van der Waals surface area contributed by atoms with Gasteiger partial charge in [0.15, 0.2) is 10.8 Å². The molecule has 0 aliphatic carbocycles. The summed E-state index contributed by atoms with van der Waals surface area (Å²) in [5, 5.41) is 9.15. The molecule has 2 saturated heterocycles. The van der Waals surface area contributed by atoms with Gasteiger partial charge in [-0.1, -0.05) is 36.9 Å². The number of carbonyl (C=O) groups excluding carboxylic acids is 2. The van der Waals surface area contributed by atoms with Gasteiger partial charge in [0.25, 0.3) is 0 Å². The van der Waals surface area contributed by atoms with Gasteiger partial charge in [-0.2, -0.15) is 5.10 Å². The summed E-state index contributed by atoms with van der Waals surface area (Å²) in [6.07, 6.45) is 2.02. The maximum atomic E-state index is 12.8. The number of amides is 2. The van der Waals surface area contributed by atoms with Crippen LogP contribution >= 0.6 is 11.8 Å². The lowest BCUT2D eigenvalue weighted by Crippen LogP contribution is -2.37. The Morgan fingerprint density at radius 3 is 2.77 bits per heavy atom. The molecule has 4 heterocycles. The lowest BCUT2D eigenvalue weighted by atomic mass is 10.1. The molecule has 2 fully saturated rings. The highest BCUT2D eigenvalue weighted by atomic mass is 32.2. The molecule has 1 N–H and O–H groups in total. The van der Waals surface area contributed by atoms with Crippen molar-refractivity contribution in [3.8, 4) is 0 Å². The van der Waals surface area contributed by atoms with Gasteiger partial charge in [-0.05, 0) is 17.9 Å². The third-order valence-electron chi connectivity index (χ3n) is 6.23. The van der Waals surface area contributed by atoms with Crippen LogP contribution < -0.4 is 15.1 Å². The highest BCUT2D eigenvalue weighted by molar-refractivity contribution is 7.99. The smallest absolute Gasteiger partial charge is 0.227 e. The Kier molecular flexibility index (Phi) is 7.14. The Morgan fingerprint density at radius 1 is 1.20 bits per heavy atom. The second-order valence-electron chi connectivity index (χ2n) is 8.50. The average Bonchev–Trinajstić information content (AvgIpc) is 3.48. The first-order valence-corrected chi connectivity index (χ1v) is 12.9. The molecule has 0 spiro atoms. The second-order valence-corrected chi connectivity index (χ2v) is 9.73. The van der Waals surface area contributed by atoms with Crippen molar-refractivity contribution in [1.82, 2.24) is 25.1 Å². The highest BCUT2D eigenvalue weighted by Gasteiger charge is 2.34. The molecule has 1 atom stereocenters. The summed E-state index contributed by atoms with van der Waals surface area (Å²) in [6, 6.07) is 9.47. The number of hydrogen-bond donors (Lipinski definition) is 1. The van der Waals surface area contributed by atoms with Crippen molar-refractivity contribution < 1.29 is 14.3 Å². The van der Waals surface area contributed by atoms with Crippen molar-refractivity contribution in [1.29, 1.82) is 0 Å². The van der Waals surface area contributed by atoms with Crippen molar-refractivity contribution in [2.24, 2.45) is 5.92 Å². The summed E-state index contributed by atoms with van der Waals surface area (Å²) in [6.45, 7) is 6.26. The van der Waals surface area contributed by atoms with Gasteiger partial charge in [0, 0.05) is 38.3 Å². The van der Waals surface area contributed by atoms with Crippen LogP contribution in [0.25, 0.3) is 11.0 Å². The van der Waals surface area contributed by atoms with E-state index in [2.05, 4.69) is 22.2 Å². The number of benzene rings is 1. The van der Waals surface area contributed by atoms with E-state index >= 15 is 0 Å². The van der Waals surface area contributed by atoms with Gasteiger partial charge in [0.2, 0.25) is 11.8 Å². The normalized spacial score (nSPS) is 18.4. The minimum atomic E-state index is -0.361. The minimum Gasteiger partial charge on any atom is -0.378 e. The van der Waals surface area contributed by atoms with Gasteiger partial charge in [0.05, 0.1) is 37.3 Å². The molecule has 1 aromatic carbocycles. The molecule has 11 heteroatoms. The van der Waals surface area contributed by atoms with Crippen LogP contribution in [0.5, 0.6) is 0 Å². The molecule has 5 rings (SSSR count). The van der Waals surface area contributed by atoms with Crippen LogP contribution in [-0.4, -0.2) is 76.7 Å². The number of carbonyl (C=O) groups is 2. The molecule has 0 saturated carbocycles. The topological polar surface area (TPSA) is 105 Å². The Bertz CT molecular complexity index is 1200. The average molecular weight is 496 g/mol. The monoisotopic (exact) mass is 495 g/mol. The van der Waals surface area contributed by atoms with E-state index in [0.717, 1.165) is 46.5 Å². The number of rotatable bonds is 8.